The molecular weight excluding hydrogens is 276 g/mol. The van der Waals surface area contributed by atoms with E-state index in [1.807, 2.05) is 30.3 Å². The van der Waals surface area contributed by atoms with E-state index in [1.165, 1.54) is 5.56 Å². The lowest BCUT2D eigenvalue weighted by molar-refractivity contribution is 0.259. The molecular formula is C19H24O3. The molecule has 3 nitrogen and oxygen atoms in total. The van der Waals surface area contributed by atoms with Gasteiger partial charge in [0.25, 0.3) is 0 Å². The second-order valence-electron chi connectivity index (χ2n) is 5.89. The third kappa shape index (κ3) is 4.78. The Morgan fingerprint density at radius 3 is 2.32 bits per heavy atom. The summed E-state index contributed by atoms with van der Waals surface area (Å²) in [6, 6.07) is 13.7. The van der Waals surface area contributed by atoms with Gasteiger partial charge in [-0.1, -0.05) is 38.1 Å². The maximum atomic E-state index is 9.38. The summed E-state index contributed by atoms with van der Waals surface area (Å²) in [6.45, 7) is 7.40. The lowest BCUT2D eigenvalue weighted by Crippen LogP contribution is -2.05. The molecule has 0 aliphatic rings. The predicted octanol–water partition coefficient (Wildman–Crippen LogP) is 4.10. The highest BCUT2D eigenvalue weighted by Crippen LogP contribution is 2.24. The van der Waals surface area contributed by atoms with Crippen molar-refractivity contribution in [2.24, 2.45) is 5.92 Å². The average molecular weight is 300 g/mol. The summed E-state index contributed by atoms with van der Waals surface area (Å²) in [6.07, 6.45) is 0. The lowest BCUT2D eigenvalue weighted by atomic mass is 10.1. The first-order valence-electron chi connectivity index (χ1n) is 7.63. The second kappa shape index (κ2) is 7.85. The zero-order valence-corrected chi connectivity index (χ0v) is 13.5. The standard InChI is InChI=1S/C19H24O3/c1-14(2)12-21-18-8-16(11-20)9-19(10-18)22-13-17-7-5-4-6-15(17)3/h4-10,14,20H,11-13H2,1-3H3. The summed E-state index contributed by atoms with van der Waals surface area (Å²) < 4.78 is 11.6. The van der Waals surface area contributed by atoms with Gasteiger partial charge >= 0.3 is 0 Å². The molecule has 2 aromatic rings. The molecule has 0 saturated carbocycles. The van der Waals surface area contributed by atoms with E-state index in [-0.39, 0.29) is 6.61 Å². The zero-order valence-electron chi connectivity index (χ0n) is 13.5. The van der Waals surface area contributed by atoms with Gasteiger partial charge in [0.15, 0.2) is 0 Å². The van der Waals surface area contributed by atoms with E-state index in [0.29, 0.717) is 24.9 Å². The van der Waals surface area contributed by atoms with Crippen molar-refractivity contribution < 1.29 is 14.6 Å². The first kappa shape index (κ1) is 16.4. The Morgan fingerprint density at radius 2 is 1.68 bits per heavy atom. The van der Waals surface area contributed by atoms with Crippen LogP contribution in [0.25, 0.3) is 0 Å². The van der Waals surface area contributed by atoms with Gasteiger partial charge in [0.1, 0.15) is 18.1 Å². The summed E-state index contributed by atoms with van der Waals surface area (Å²) >= 11 is 0. The maximum absolute atomic E-state index is 9.38. The largest absolute Gasteiger partial charge is 0.493 e. The second-order valence-corrected chi connectivity index (χ2v) is 5.89. The topological polar surface area (TPSA) is 38.7 Å². The number of aliphatic hydroxyl groups excluding tert-OH is 1. The van der Waals surface area contributed by atoms with Crippen LogP contribution in [-0.4, -0.2) is 11.7 Å². The lowest BCUT2D eigenvalue weighted by Gasteiger charge is -2.13. The minimum absolute atomic E-state index is 0.0282. The summed E-state index contributed by atoms with van der Waals surface area (Å²) in [5.74, 6) is 1.91. The molecule has 0 radical (unpaired) electrons. The van der Waals surface area contributed by atoms with E-state index < -0.39 is 0 Å². The Morgan fingerprint density at radius 1 is 1.00 bits per heavy atom. The number of ether oxygens (including phenoxy) is 2. The molecule has 0 aliphatic carbocycles. The Bertz CT molecular complexity index is 605. The normalized spacial score (nSPS) is 10.8. The smallest absolute Gasteiger partial charge is 0.123 e. The van der Waals surface area contributed by atoms with Crippen molar-refractivity contribution in [2.75, 3.05) is 6.61 Å². The predicted molar refractivity (Wildman–Crippen MR) is 88.2 cm³/mol. The summed E-state index contributed by atoms with van der Waals surface area (Å²) in [5, 5.41) is 9.38. The Labute approximate surface area is 132 Å². The van der Waals surface area contributed by atoms with Gasteiger partial charge in [0.2, 0.25) is 0 Å². The van der Waals surface area contributed by atoms with Crippen LogP contribution in [0.3, 0.4) is 0 Å². The van der Waals surface area contributed by atoms with Crippen LogP contribution in [0, 0.1) is 12.8 Å². The average Bonchev–Trinajstić information content (AvgIpc) is 2.52. The van der Waals surface area contributed by atoms with Crippen LogP contribution in [0.4, 0.5) is 0 Å². The molecule has 0 unspecified atom stereocenters. The molecule has 0 fully saturated rings. The van der Waals surface area contributed by atoms with Crippen LogP contribution < -0.4 is 9.47 Å². The van der Waals surface area contributed by atoms with Gasteiger partial charge in [-0.25, -0.2) is 0 Å². The Hall–Kier alpha value is -2.00. The number of aryl methyl sites for hydroxylation is 1. The van der Waals surface area contributed by atoms with Crippen molar-refractivity contribution in [3.05, 3.63) is 59.2 Å². The van der Waals surface area contributed by atoms with E-state index in [4.69, 9.17) is 9.47 Å². The molecule has 2 rings (SSSR count). The van der Waals surface area contributed by atoms with Gasteiger partial charge in [-0.05, 0) is 41.7 Å². The van der Waals surface area contributed by atoms with Crippen LogP contribution in [-0.2, 0) is 13.2 Å². The van der Waals surface area contributed by atoms with Gasteiger partial charge in [0.05, 0.1) is 13.2 Å². The van der Waals surface area contributed by atoms with Gasteiger partial charge in [0, 0.05) is 6.07 Å². The van der Waals surface area contributed by atoms with Crippen LogP contribution in [0.2, 0.25) is 0 Å². The highest BCUT2D eigenvalue weighted by atomic mass is 16.5. The highest BCUT2D eigenvalue weighted by molar-refractivity contribution is 5.38. The van der Waals surface area contributed by atoms with Crippen molar-refractivity contribution in [3.63, 3.8) is 0 Å². The molecule has 2 aromatic carbocycles. The molecule has 0 aliphatic heterocycles. The SMILES string of the molecule is Cc1ccccc1COc1cc(CO)cc(OCC(C)C)c1. The number of hydrogen-bond donors (Lipinski definition) is 1. The zero-order chi connectivity index (χ0) is 15.9. The molecule has 0 atom stereocenters. The Kier molecular flexibility index (Phi) is 5.84. The van der Waals surface area contributed by atoms with Crippen LogP contribution in [0.5, 0.6) is 11.5 Å². The number of hydrogen-bond acceptors (Lipinski definition) is 3. The molecule has 0 heterocycles. The fourth-order valence-corrected chi connectivity index (χ4v) is 2.08. The van der Waals surface area contributed by atoms with Crippen molar-refractivity contribution >= 4 is 0 Å². The highest BCUT2D eigenvalue weighted by Gasteiger charge is 2.05. The molecule has 22 heavy (non-hydrogen) atoms. The van der Waals surface area contributed by atoms with Crippen molar-refractivity contribution in [1.29, 1.82) is 0 Å². The van der Waals surface area contributed by atoms with Crippen LogP contribution in [0.15, 0.2) is 42.5 Å². The third-order valence-electron chi connectivity index (χ3n) is 3.36. The summed E-state index contributed by atoms with van der Waals surface area (Å²) in [4.78, 5) is 0. The van der Waals surface area contributed by atoms with E-state index >= 15 is 0 Å². The van der Waals surface area contributed by atoms with Gasteiger partial charge in [-0.2, -0.15) is 0 Å². The minimum atomic E-state index is -0.0282. The monoisotopic (exact) mass is 300 g/mol. The fourth-order valence-electron chi connectivity index (χ4n) is 2.08. The van der Waals surface area contributed by atoms with Crippen molar-refractivity contribution in [2.45, 2.75) is 34.0 Å². The first-order valence-corrected chi connectivity index (χ1v) is 7.63. The van der Waals surface area contributed by atoms with E-state index in [2.05, 4.69) is 32.9 Å². The van der Waals surface area contributed by atoms with Crippen molar-refractivity contribution in [3.8, 4) is 11.5 Å². The minimum Gasteiger partial charge on any atom is -0.493 e. The van der Waals surface area contributed by atoms with Gasteiger partial charge < -0.3 is 14.6 Å². The summed E-state index contributed by atoms with van der Waals surface area (Å²) in [7, 11) is 0. The third-order valence-corrected chi connectivity index (χ3v) is 3.36. The maximum Gasteiger partial charge on any atom is 0.123 e. The molecule has 3 heteroatoms. The van der Waals surface area contributed by atoms with Crippen LogP contribution >= 0.6 is 0 Å². The molecule has 0 saturated heterocycles. The van der Waals surface area contributed by atoms with E-state index in [9.17, 15) is 5.11 Å². The van der Waals surface area contributed by atoms with Gasteiger partial charge in [-0.3, -0.25) is 0 Å². The molecule has 118 valence electrons. The fraction of sp³-hybridized carbons (Fsp3) is 0.368. The Balaban J connectivity index is 2.09. The van der Waals surface area contributed by atoms with Crippen LogP contribution in [0.1, 0.15) is 30.5 Å². The number of aliphatic hydroxyl groups is 1. The number of rotatable bonds is 7. The van der Waals surface area contributed by atoms with E-state index in [0.717, 1.165) is 16.9 Å². The first-order chi connectivity index (χ1) is 10.6. The molecule has 0 amide bonds. The summed E-state index contributed by atoms with van der Waals surface area (Å²) in [5.41, 5.74) is 3.15. The molecule has 0 bridgehead atoms. The molecule has 0 aromatic heterocycles. The van der Waals surface area contributed by atoms with E-state index in [1.54, 1.807) is 0 Å². The molecule has 1 N–H and O–H groups in total. The van der Waals surface area contributed by atoms with Crippen molar-refractivity contribution in [1.82, 2.24) is 0 Å². The quantitative estimate of drug-likeness (QED) is 0.836. The van der Waals surface area contributed by atoms with Gasteiger partial charge in [-0.15, -0.1) is 0 Å². The molecule has 0 spiro atoms. The number of benzene rings is 2.